The zero-order valence-electron chi connectivity index (χ0n) is 41.2. The van der Waals surface area contributed by atoms with Crippen LogP contribution in [0.5, 0.6) is 0 Å². The first-order valence-corrected chi connectivity index (χ1v) is 27.8. The van der Waals surface area contributed by atoms with Crippen molar-refractivity contribution in [3.05, 3.63) is 315 Å². The summed E-state index contributed by atoms with van der Waals surface area (Å²) in [5, 5.41) is 13.4. The van der Waals surface area contributed by atoms with E-state index < -0.39 is 15.8 Å². The summed E-state index contributed by atoms with van der Waals surface area (Å²) >= 11 is 0. The fourth-order valence-corrected chi connectivity index (χ4v) is 16.1. The van der Waals surface area contributed by atoms with E-state index in [1.807, 2.05) is 36.4 Å². The fraction of sp³-hybridized carbons (Fsp3) is 0. The van der Waals surface area contributed by atoms with Crippen molar-refractivity contribution in [3.8, 4) is 23.2 Å². The van der Waals surface area contributed by atoms with Crippen LogP contribution in [0.3, 0.4) is 0 Å². The van der Waals surface area contributed by atoms with E-state index >= 15 is 0 Å². The van der Waals surface area contributed by atoms with Gasteiger partial charge in [-0.1, -0.05) is 170 Å². The summed E-state index contributed by atoms with van der Waals surface area (Å²) in [5.74, 6) is 4.95. The number of hydrogen-bond donors (Lipinski definition) is 0. The van der Waals surface area contributed by atoms with Crippen molar-refractivity contribution in [2.75, 3.05) is 0 Å². The van der Waals surface area contributed by atoms with Crippen LogP contribution in [0.1, 0.15) is 11.1 Å². The van der Waals surface area contributed by atoms with Gasteiger partial charge in [-0.25, -0.2) is 0 Å². The Morgan fingerprint density at radius 3 is 0.842 bits per heavy atom. The van der Waals surface area contributed by atoms with Crippen molar-refractivity contribution in [2.45, 2.75) is 0 Å². The standard InChI is InChI=1S/C30H24P2.2C20H12N.2Au/c1-5-15-25(16-6-1)31(26-17-7-2-8-18-26)29-23-13-14-24-30(29)32(27-19-9-3-10-20-27)28-21-11-4-12-22-28;2*1-2-15-12-13-20-18(14-15)17-10-6-7-11-19(17)21(20)16-8-4-3-5-9-16;;/h1-24H;2*3-14H;;/q;2*-1;2*+1/p+2. The summed E-state index contributed by atoms with van der Waals surface area (Å²) in [6, 6.07) is 103. The van der Waals surface area contributed by atoms with Gasteiger partial charge in [-0.2, -0.15) is 0 Å². The van der Waals surface area contributed by atoms with E-state index in [2.05, 4.69) is 276 Å². The average Bonchev–Trinajstić information content (AvgIpc) is 4.02. The maximum absolute atomic E-state index is 7.34. The normalized spacial score (nSPS) is 10.6. The second kappa shape index (κ2) is 25.3. The van der Waals surface area contributed by atoms with Gasteiger partial charge in [0.05, 0.1) is 22.1 Å². The number of rotatable bonds is 8. The van der Waals surface area contributed by atoms with Gasteiger partial charge in [-0.05, 0) is 108 Å². The smallest absolute Gasteiger partial charge is 0.366 e. The molecule has 0 radical (unpaired) electrons. The van der Waals surface area contributed by atoms with Crippen molar-refractivity contribution in [3.63, 3.8) is 0 Å². The van der Waals surface area contributed by atoms with Crippen LogP contribution in [0.4, 0.5) is 0 Å². The molecule has 11 aromatic carbocycles. The number of aromatic nitrogens is 2. The van der Waals surface area contributed by atoms with Gasteiger partial charge in [0.15, 0.2) is 0 Å². The molecule has 13 aromatic rings. The van der Waals surface area contributed by atoms with Crippen LogP contribution < -0.4 is 31.8 Å². The van der Waals surface area contributed by atoms with E-state index in [0.29, 0.717) is 0 Å². The SMILES string of the molecule is [Au+].[Au+].[C-]#Cc1ccc2c(c1)c1ccccc1n2-c1ccccc1.[C-]#Cc1ccc2c(c1)c1ccccc1n2-c1ccccc1.c1ccc([PH+](c2ccccc2)c2ccccc2[PH+](c2ccccc2)c2ccccc2)cc1. The van der Waals surface area contributed by atoms with Gasteiger partial charge >= 0.3 is 44.8 Å². The fourth-order valence-electron chi connectivity index (χ4n) is 10.1. The molecule has 0 spiro atoms. The molecule has 0 atom stereocenters. The van der Waals surface area contributed by atoms with E-state index in [9.17, 15) is 0 Å². The van der Waals surface area contributed by atoms with E-state index in [1.54, 1.807) is 0 Å². The molecule has 370 valence electrons. The number of nitrogens with zero attached hydrogens (tertiary/aromatic N) is 2. The van der Waals surface area contributed by atoms with Gasteiger partial charge in [-0.15, -0.1) is 35.4 Å². The van der Waals surface area contributed by atoms with Gasteiger partial charge in [0, 0.05) is 22.1 Å². The summed E-state index contributed by atoms with van der Waals surface area (Å²) in [6.07, 6.45) is 14.7. The Kier molecular flexibility index (Phi) is 17.8. The van der Waals surface area contributed by atoms with Crippen molar-refractivity contribution in [2.24, 2.45) is 0 Å². The molecule has 2 nitrogen and oxygen atoms in total. The zero-order chi connectivity index (χ0) is 50.1. The van der Waals surface area contributed by atoms with Crippen LogP contribution in [0.2, 0.25) is 0 Å². The monoisotopic (exact) mass is 1370 g/mol. The average molecular weight is 1380 g/mol. The maximum atomic E-state index is 7.34. The molecule has 0 saturated carbocycles. The van der Waals surface area contributed by atoms with Gasteiger partial charge in [0.2, 0.25) is 0 Å². The predicted octanol–water partition coefficient (Wildman–Crippen LogP) is 14.1. The molecule has 0 bridgehead atoms. The van der Waals surface area contributed by atoms with Crippen LogP contribution in [-0.4, -0.2) is 9.13 Å². The second-order valence-electron chi connectivity index (χ2n) is 17.8. The van der Waals surface area contributed by atoms with Crippen molar-refractivity contribution in [1.29, 1.82) is 0 Å². The Balaban J connectivity index is 0.000000142. The molecule has 0 unspecified atom stereocenters. The number of para-hydroxylation sites is 4. The summed E-state index contributed by atoms with van der Waals surface area (Å²) in [7, 11) is -2.28. The Morgan fingerprint density at radius 2 is 0.526 bits per heavy atom. The van der Waals surface area contributed by atoms with Crippen molar-refractivity contribution >= 4 is 91.3 Å². The molecule has 0 N–H and O–H groups in total. The van der Waals surface area contributed by atoms with Gasteiger partial charge < -0.3 is 22.0 Å². The minimum absolute atomic E-state index is 0. The topological polar surface area (TPSA) is 9.86 Å². The quantitative estimate of drug-likeness (QED) is 0.0621. The van der Waals surface area contributed by atoms with Crippen LogP contribution in [-0.2, 0) is 44.8 Å². The number of benzene rings is 11. The summed E-state index contributed by atoms with van der Waals surface area (Å²) in [6.45, 7) is 0. The summed E-state index contributed by atoms with van der Waals surface area (Å²) in [5.41, 5.74) is 8.58. The van der Waals surface area contributed by atoms with E-state index in [1.165, 1.54) is 53.6 Å². The third-order valence-electron chi connectivity index (χ3n) is 13.4. The van der Waals surface area contributed by atoms with E-state index in [4.69, 9.17) is 12.8 Å². The van der Waals surface area contributed by atoms with Crippen LogP contribution in [0.25, 0.3) is 55.0 Å². The van der Waals surface area contributed by atoms with E-state index in [0.717, 1.165) is 44.3 Å². The van der Waals surface area contributed by atoms with Gasteiger partial charge in [0.25, 0.3) is 0 Å². The first kappa shape index (κ1) is 53.3. The predicted molar refractivity (Wildman–Crippen MR) is 321 cm³/mol. The second-order valence-corrected chi connectivity index (χ2v) is 22.7. The molecule has 6 heteroatoms. The molecule has 2 aromatic heterocycles. The molecular weight excluding hydrogens is 1320 g/mol. The molecule has 0 amide bonds. The van der Waals surface area contributed by atoms with Crippen LogP contribution in [0.15, 0.2) is 291 Å². The van der Waals surface area contributed by atoms with Crippen molar-refractivity contribution < 1.29 is 44.8 Å². The van der Waals surface area contributed by atoms with E-state index in [-0.39, 0.29) is 44.8 Å². The molecule has 0 aliphatic carbocycles. The minimum Gasteiger partial charge on any atom is -0.366 e. The molecule has 2 heterocycles. The molecule has 76 heavy (non-hydrogen) atoms. The molecule has 0 saturated heterocycles. The third kappa shape index (κ3) is 11.2. The third-order valence-corrected chi connectivity index (χ3v) is 19.2. The van der Waals surface area contributed by atoms with Gasteiger partial charge in [0.1, 0.15) is 47.7 Å². The van der Waals surface area contributed by atoms with Gasteiger partial charge in [-0.3, -0.25) is 11.8 Å². The largest absolute Gasteiger partial charge is 1.00 e. The Labute approximate surface area is 479 Å². The first-order valence-electron chi connectivity index (χ1n) is 24.8. The molecule has 0 fully saturated rings. The Hall–Kier alpha value is -7.52. The Morgan fingerprint density at radius 1 is 0.263 bits per heavy atom. The first-order chi connectivity index (χ1) is 36.7. The van der Waals surface area contributed by atoms with Crippen LogP contribution >= 0.6 is 15.8 Å². The molecule has 13 rings (SSSR count). The van der Waals surface area contributed by atoms with Crippen molar-refractivity contribution in [1.82, 2.24) is 9.13 Å². The Bertz CT molecular complexity index is 3740. The molecule has 0 aliphatic rings. The molecule has 0 aliphatic heterocycles. The molecular formula is C70H50Au2N2P2+2. The summed E-state index contributed by atoms with van der Waals surface area (Å²) < 4.78 is 4.52. The minimum atomic E-state index is -1.14. The summed E-state index contributed by atoms with van der Waals surface area (Å²) in [4.78, 5) is 0. The number of fused-ring (bicyclic) bond motifs is 6. The van der Waals surface area contributed by atoms with Crippen LogP contribution in [0, 0.1) is 24.7 Å². The number of hydrogen-bond acceptors (Lipinski definition) is 0. The zero-order valence-corrected chi connectivity index (χ0v) is 47.5. The maximum Gasteiger partial charge on any atom is 1.00 e.